The second-order valence-corrected chi connectivity index (χ2v) is 9.14. The van der Waals surface area contributed by atoms with Gasteiger partial charge in [-0.25, -0.2) is 4.98 Å². The van der Waals surface area contributed by atoms with Crippen LogP contribution in [0.2, 0.25) is 0 Å². The number of ether oxygens (including phenoxy) is 1. The van der Waals surface area contributed by atoms with Gasteiger partial charge >= 0.3 is 0 Å². The zero-order chi connectivity index (χ0) is 24.3. The molecule has 1 N–H and O–H groups in total. The number of piperazine rings is 1. The number of hydrogen-bond donors (Lipinski definition) is 1. The largest absolute Gasteiger partial charge is 0.493 e. The maximum atomic E-state index is 10.9. The molecule has 1 fully saturated rings. The van der Waals surface area contributed by atoms with E-state index in [4.69, 9.17) is 4.74 Å². The van der Waals surface area contributed by atoms with Gasteiger partial charge in [0.2, 0.25) is 12.4 Å². The van der Waals surface area contributed by atoms with Gasteiger partial charge in [0.25, 0.3) is 0 Å². The minimum atomic E-state index is 0.645. The average molecular weight is 485 g/mol. The minimum absolute atomic E-state index is 0.645. The summed E-state index contributed by atoms with van der Waals surface area (Å²) in [5.74, 6) is 1.66. The second-order valence-electron chi connectivity index (χ2n) is 9.14. The number of benzene rings is 1. The lowest BCUT2D eigenvalue weighted by Crippen LogP contribution is -2.46. The van der Waals surface area contributed by atoms with Crippen LogP contribution in [0.3, 0.4) is 0 Å². The molecular weight excluding hydrogens is 456 g/mol. The molecule has 1 aromatic carbocycles. The lowest BCUT2D eigenvalue weighted by Gasteiger charge is -2.32. The topological polar surface area (TPSA) is 101 Å². The molecule has 36 heavy (non-hydrogen) atoms. The zero-order valence-electron chi connectivity index (χ0n) is 20.0. The van der Waals surface area contributed by atoms with Crippen molar-refractivity contribution in [1.29, 1.82) is 0 Å². The van der Waals surface area contributed by atoms with E-state index in [1.54, 1.807) is 6.33 Å². The highest BCUT2D eigenvalue weighted by atomic mass is 16.5. The lowest BCUT2D eigenvalue weighted by atomic mass is 10.1. The Morgan fingerprint density at radius 2 is 1.97 bits per heavy atom. The van der Waals surface area contributed by atoms with Crippen LogP contribution in [0.15, 0.2) is 49.1 Å². The quantitative estimate of drug-likeness (QED) is 0.379. The van der Waals surface area contributed by atoms with Gasteiger partial charge in [-0.1, -0.05) is 18.2 Å². The summed E-state index contributed by atoms with van der Waals surface area (Å²) in [6.45, 7) is 5.73. The summed E-state index contributed by atoms with van der Waals surface area (Å²) in [4.78, 5) is 24.4. The molecule has 0 unspecified atom stereocenters. The molecule has 1 saturated heterocycles. The normalized spacial score (nSPS) is 15.6. The first-order valence-electron chi connectivity index (χ1n) is 12.3. The van der Waals surface area contributed by atoms with Crippen LogP contribution in [0.4, 0.5) is 5.95 Å². The molecule has 0 saturated carbocycles. The molecule has 3 aromatic heterocycles. The number of fused-ring (bicyclic) bond motifs is 2. The molecule has 6 rings (SSSR count). The first-order chi connectivity index (χ1) is 17.8. The van der Waals surface area contributed by atoms with E-state index in [0.29, 0.717) is 12.5 Å². The Labute approximate surface area is 208 Å². The average Bonchev–Trinajstić information content (AvgIpc) is 3.62. The number of anilines is 1. The molecule has 1 amide bonds. The number of nitrogens with zero attached hydrogens (tertiary/aromatic N) is 7. The maximum Gasteiger partial charge on any atom is 0.210 e. The molecule has 2 aliphatic heterocycles. The third-order valence-corrected chi connectivity index (χ3v) is 6.99. The predicted octanol–water partition coefficient (Wildman–Crippen LogP) is 2.05. The van der Waals surface area contributed by atoms with Crippen molar-refractivity contribution < 1.29 is 9.53 Å². The third-order valence-electron chi connectivity index (χ3n) is 6.99. The number of rotatable bonds is 8. The van der Waals surface area contributed by atoms with Crippen LogP contribution in [-0.4, -0.2) is 80.1 Å². The van der Waals surface area contributed by atoms with Crippen LogP contribution in [0.25, 0.3) is 16.8 Å². The van der Waals surface area contributed by atoms with E-state index < -0.39 is 0 Å². The number of carbonyl (C=O) groups is 1. The summed E-state index contributed by atoms with van der Waals surface area (Å²) in [6, 6.07) is 10.3. The van der Waals surface area contributed by atoms with Crippen LogP contribution >= 0.6 is 0 Å². The first-order valence-corrected chi connectivity index (χ1v) is 12.3. The lowest BCUT2D eigenvalue weighted by molar-refractivity contribution is -0.119. The Balaban J connectivity index is 1.14. The van der Waals surface area contributed by atoms with Gasteiger partial charge in [-0.2, -0.15) is 0 Å². The second kappa shape index (κ2) is 9.90. The maximum absolute atomic E-state index is 10.9. The molecular formula is C26H28N8O2. The summed E-state index contributed by atoms with van der Waals surface area (Å²) >= 11 is 0. The van der Waals surface area contributed by atoms with Gasteiger partial charge in [0, 0.05) is 86.9 Å². The Bertz CT molecular complexity index is 1360. The summed E-state index contributed by atoms with van der Waals surface area (Å²) < 4.78 is 7.56. The zero-order valence-corrected chi connectivity index (χ0v) is 20.0. The van der Waals surface area contributed by atoms with Crippen LogP contribution in [0.1, 0.15) is 16.8 Å². The smallest absolute Gasteiger partial charge is 0.210 e. The highest BCUT2D eigenvalue weighted by Gasteiger charge is 2.17. The highest BCUT2D eigenvalue weighted by Crippen LogP contribution is 2.29. The van der Waals surface area contributed by atoms with Gasteiger partial charge in [-0.05, 0) is 17.7 Å². The number of carbonyl (C=O) groups excluding carboxylic acids is 1. The molecule has 10 heteroatoms. The van der Waals surface area contributed by atoms with Gasteiger partial charge < -0.3 is 15.0 Å². The number of nitrogens with one attached hydrogen (secondary N) is 1. The Hall–Kier alpha value is -4.05. The number of pyridine rings is 1. The minimum Gasteiger partial charge on any atom is -0.493 e. The van der Waals surface area contributed by atoms with E-state index in [9.17, 15) is 4.79 Å². The Morgan fingerprint density at radius 3 is 2.81 bits per heavy atom. The fourth-order valence-corrected chi connectivity index (χ4v) is 4.88. The van der Waals surface area contributed by atoms with Crippen molar-refractivity contribution in [3.8, 4) is 16.9 Å². The van der Waals surface area contributed by atoms with Crippen molar-refractivity contribution in [3.05, 3.63) is 65.9 Å². The number of amides is 1. The Morgan fingerprint density at radius 1 is 1.06 bits per heavy atom. The molecule has 0 atom stereocenters. The van der Waals surface area contributed by atoms with Gasteiger partial charge in [0.05, 0.1) is 6.61 Å². The van der Waals surface area contributed by atoms with Crippen molar-refractivity contribution in [1.82, 2.24) is 34.4 Å². The van der Waals surface area contributed by atoms with Crippen LogP contribution in [0.5, 0.6) is 5.75 Å². The molecule has 0 bridgehead atoms. The van der Waals surface area contributed by atoms with Crippen molar-refractivity contribution >= 4 is 18.0 Å². The standard InChI is InChI=1S/C26H28N8O2/c35-18-33-11-9-32(10-12-33)8-6-21-5-4-20(14-27-21)23-16-29-26(34-17-30-31-25(23)34)28-15-19-2-1-3-24-22(19)7-13-36-24/h1-5,14,16-18H,6-13,15H2,(H,28,29). The predicted molar refractivity (Wildman–Crippen MR) is 135 cm³/mol. The number of hydrogen-bond acceptors (Lipinski definition) is 8. The number of aromatic nitrogens is 5. The third kappa shape index (κ3) is 4.47. The van der Waals surface area contributed by atoms with E-state index in [1.807, 2.05) is 33.8 Å². The fraction of sp³-hybridized carbons (Fsp3) is 0.346. The van der Waals surface area contributed by atoms with Gasteiger partial charge in [0.15, 0.2) is 5.65 Å². The Kier molecular flexibility index (Phi) is 6.17. The summed E-state index contributed by atoms with van der Waals surface area (Å²) in [6.07, 6.45) is 8.13. The monoisotopic (exact) mass is 484 g/mol. The summed E-state index contributed by atoms with van der Waals surface area (Å²) in [7, 11) is 0. The highest BCUT2D eigenvalue weighted by molar-refractivity contribution is 5.77. The molecule has 0 aliphatic carbocycles. The summed E-state index contributed by atoms with van der Waals surface area (Å²) in [5.41, 5.74) is 6.08. The van der Waals surface area contributed by atoms with E-state index in [-0.39, 0.29) is 0 Å². The fourth-order valence-electron chi connectivity index (χ4n) is 4.88. The van der Waals surface area contributed by atoms with Crippen LogP contribution in [-0.2, 0) is 24.2 Å². The molecule has 0 spiro atoms. The van der Waals surface area contributed by atoms with Gasteiger partial charge in [-0.3, -0.25) is 19.1 Å². The van der Waals surface area contributed by atoms with Crippen LogP contribution in [0, 0.1) is 0 Å². The van der Waals surface area contributed by atoms with Crippen molar-refractivity contribution in [2.45, 2.75) is 19.4 Å². The molecule has 5 heterocycles. The van der Waals surface area contributed by atoms with Gasteiger partial charge in [-0.15, -0.1) is 10.2 Å². The molecule has 10 nitrogen and oxygen atoms in total. The molecule has 184 valence electrons. The first kappa shape index (κ1) is 22.4. The molecule has 0 radical (unpaired) electrons. The van der Waals surface area contributed by atoms with Gasteiger partial charge in [0.1, 0.15) is 12.1 Å². The summed E-state index contributed by atoms with van der Waals surface area (Å²) in [5, 5.41) is 11.9. The van der Waals surface area contributed by atoms with E-state index in [0.717, 1.165) is 86.8 Å². The van der Waals surface area contributed by atoms with Crippen molar-refractivity contribution in [2.75, 3.05) is 44.6 Å². The SMILES string of the molecule is O=CN1CCN(CCc2ccc(-c3cnc(NCc4cccc5c4CCO5)n4cnnc34)cn2)CC1. The van der Waals surface area contributed by atoms with E-state index in [2.05, 4.69) is 48.6 Å². The van der Waals surface area contributed by atoms with Crippen LogP contribution < -0.4 is 10.1 Å². The van der Waals surface area contributed by atoms with E-state index in [1.165, 1.54) is 11.1 Å². The van der Waals surface area contributed by atoms with E-state index >= 15 is 0 Å². The van der Waals surface area contributed by atoms with Crippen molar-refractivity contribution in [3.63, 3.8) is 0 Å². The van der Waals surface area contributed by atoms with Crippen molar-refractivity contribution in [2.24, 2.45) is 0 Å². The molecule has 2 aliphatic rings. The molecule has 4 aromatic rings.